The SMILES string of the molecule is COc1ccc(OC)c(C(N)Cc2ccc(Cl)cc2F)c1. The van der Waals surface area contributed by atoms with Crippen LogP contribution in [0.1, 0.15) is 17.2 Å². The molecule has 2 aromatic rings. The molecule has 0 saturated heterocycles. The maximum atomic E-state index is 13.9. The average molecular weight is 310 g/mol. The molecule has 112 valence electrons. The van der Waals surface area contributed by atoms with Gasteiger partial charge in [0.05, 0.1) is 14.2 Å². The zero-order valence-corrected chi connectivity index (χ0v) is 12.7. The van der Waals surface area contributed by atoms with Crippen molar-refractivity contribution in [3.8, 4) is 11.5 Å². The summed E-state index contributed by atoms with van der Waals surface area (Å²) >= 11 is 5.75. The lowest BCUT2D eigenvalue weighted by atomic mass is 9.98. The topological polar surface area (TPSA) is 44.5 Å². The molecule has 1 atom stereocenters. The van der Waals surface area contributed by atoms with Crippen molar-refractivity contribution in [2.75, 3.05) is 14.2 Å². The van der Waals surface area contributed by atoms with Crippen LogP contribution in [0.25, 0.3) is 0 Å². The molecule has 2 N–H and O–H groups in total. The molecule has 0 aliphatic rings. The second kappa shape index (κ2) is 6.78. The van der Waals surface area contributed by atoms with Crippen molar-refractivity contribution in [2.24, 2.45) is 5.73 Å². The first-order valence-electron chi connectivity index (χ1n) is 6.46. The molecule has 3 nitrogen and oxygen atoms in total. The third-order valence-electron chi connectivity index (χ3n) is 3.29. The molecule has 0 aromatic heterocycles. The summed E-state index contributed by atoms with van der Waals surface area (Å²) < 4.78 is 24.4. The van der Waals surface area contributed by atoms with Crippen LogP contribution in [0.2, 0.25) is 5.02 Å². The Bertz CT molecular complexity index is 634. The van der Waals surface area contributed by atoms with E-state index in [-0.39, 0.29) is 5.82 Å². The van der Waals surface area contributed by atoms with Crippen molar-refractivity contribution in [2.45, 2.75) is 12.5 Å². The van der Waals surface area contributed by atoms with Gasteiger partial charge in [-0.2, -0.15) is 0 Å². The predicted molar refractivity (Wildman–Crippen MR) is 81.6 cm³/mol. The number of ether oxygens (including phenoxy) is 2. The third kappa shape index (κ3) is 3.65. The summed E-state index contributed by atoms with van der Waals surface area (Å²) in [5.74, 6) is 0.968. The lowest BCUT2D eigenvalue weighted by molar-refractivity contribution is 0.395. The van der Waals surface area contributed by atoms with E-state index in [1.165, 1.54) is 6.07 Å². The van der Waals surface area contributed by atoms with Gasteiger partial charge in [-0.15, -0.1) is 0 Å². The van der Waals surface area contributed by atoms with Gasteiger partial charge >= 0.3 is 0 Å². The molecule has 5 heteroatoms. The summed E-state index contributed by atoms with van der Waals surface area (Å²) in [6.45, 7) is 0. The average Bonchev–Trinajstić information content (AvgIpc) is 2.49. The van der Waals surface area contributed by atoms with Gasteiger partial charge in [0, 0.05) is 16.6 Å². The Morgan fingerprint density at radius 2 is 1.90 bits per heavy atom. The Kier molecular flexibility index (Phi) is 5.04. The minimum absolute atomic E-state index is 0.340. The van der Waals surface area contributed by atoms with Crippen LogP contribution in [0.3, 0.4) is 0 Å². The van der Waals surface area contributed by atoms with E-state index in [0.717, 1.165) is 5.56 Å². The van der Waals surface area contributed by atoms with Crippen molar-refractivity contribution >= 4 is 11.6 Å². The summed E-state index contributed by atoms with van der Waals surface area (Å²) in [5, 5.41) is 0.365. The zero-order chi connectivity index (χ0) is 15.4. The fourth-order valence-electron chi connectivity index (χ4n) is 2.16. The van der Waals surface area contributed by atoms with E-state index in [4.69, 9.17) is 26.8 Å². The first-order valence-corrected chi connectivity index (χ1v) is 6.84. The first kappa shape index (κ1) is 15.6. The number of halogens is 2. The number of hydrogen-bond donors (Lipinski definition) is 1. The smallest absolute Gasteiger partial charge is 0.127 e. The normalized spacial score (nSPS) is 12.0. The Hall–Kier alpha value is -1.78. The van der Waals surface area contributed by atoms with E-state index in [9.17, 15) is 4.39 Å². The molecule has 0 aliphatic carbocycles. The van der Waals surface area contributed by atoms with Crippen LogP contribution >= 0.6 is 11.6 Å². The highest BCUT2D eigenvalue weighted by molar-refractivity contribution is 6.30. The lowest BCUT2D eigenvalue weighted by Crippen LogP contribution is -2.15. The van der Waals surface area contributed by atoms with Crippen molar-refractivity contribution in [1.82, 2.24) is 0 Å². The van der Waals surface area contributed by atoms with Crippen LogP contribution in [-0.2, 0) is 6.42 Å². The highest BCUT2D eigenvalue weighted by atomic mass is 35.5. The van der Waals surface area contributed by atoms with Gasteiger partial charge < -0.3 is 15.2 Å². The van der Waals surface area contributed by atoms with Crippen molar-refractivity contribution < 1.29 is 13.9 Å². The quantitative estimate of drug-likeness (QED) is 0.915. The van der Waals surface area contributed by atoms with Crippen LogP contribution in [-0.4, -0.2) is 14.2 Å². The molecule has 2 rings (SSSR count). The molecule has 0 saturated carbocycles. The molecule has 0 fully saturated rings. The number of methoxy groups -OCH3 is 2. The molecule has 1 unspecified atom stereocenters. The van der Waals surface area contributed by atoms with E-state index >= 15 is 0 Å². The molecule has 0 heterocycles. The fraction of sp³-hybridized carbons (Fsp3) is 0.250. The molecule has 0 aliphatic heterocycles. The van der Waals surface area contributed by atoms with E-state index in [2.05, 4.69) is 0 Å². The molecule has 0 bridgehead atoms. The van der Waals surface area contributed by atoms with Gasteiger partial charge in [-0.3, -0.25) is 0 Å². The maximum absolute atomic E-state index is 13.9. The Labute approximate surface area is 128 Å². The van der Waals surface area contributed by atoms with Crippen LogP contribution in [0, 0.1) is 5.82 Å². The molecule has 0 radical (unpaired) electrons. The van der Waals surface area contributed by atoms with Gasteiger partial charge in [0.25, 0.3) is 0 Å². The second-order valence-corrected chi connectivity index (χ2v) is 5.09. The number of benzene rings is 2. The van der Waals surface area contributed by atoms with E-state index in [0.29, 0.717) is 28.5 Å². The summed E-state index contributed by atoms with van der Waals surface area (Å²) in [7, 11) is 3.15. The Balaban J connectivity index is 2.28. The summed E-state index contributed by atoms with van der Waals surface area (Å²) in [6.07, 6.45) is 0.340. The van der Waals surface area contributed by atoms with Crippen molar-refractivity contribution in [1.29, 1.82) is 0 Å². The highest BCUT2D eigenvalue weighted by Crippen LogP contribution is 2.30. The zero-order valence-electron chi connectivity index (χ0n) is 11.9. The lowest BCUT2D eigenvalue weighted by Gasteiger charge is -2.17. The minimum atomic E-state index is -0.411. The van der Waals surface area contributed by atoms with E-state index in [1.807, 2.05) is 0 Å². The standard InChI is InChI=1S/C16H17ClFNO2/c1-20-12-5-6-16(21-2)13(9-12)15(19)7-10-3-4-11(17)8-14(10)18/h3-6,8-9,15H,7,19H2,1-2H3. The van der Waals surface area contributed by atoms with Gasteiger partial charge in [0.2, 0.25) is 0 Å². The maximum Gasteiger partial charge on any atom is 0.127 e. The Morgan fingerprint density at radius 1 is 1.14 bits per heavy atom. The molecule has 2 aromatic carbocycles. The number of rotatable bonds is 5. The van der Waals surface area contributed by atoms with E-state index < -0.39 is 6.04 Å². The van der Waals surface area contributed by atoms with Crippen LogP contribution in [0.5, 0.6) is 11.5 Å². The van der Waals surface area contributed by atoms with Gasteiger partial charge in [0.15, 0.2) is 0 Å². The summed E-state index contributed by atoms with van der Waals surface area (Å²) in [4.78, 5) is 0. The van der Waals surface area contributed by atoms with Gasteiger partial charge in [0.1, 0.15) is 17.3 Å². The fourth-order valence-corrected chi connectivity index (χ4v) is 2.32. The second-order valence-electron chi connectivity index (χ2n) is 4.65. The Morgan fingerprint density at radius 3 is 2.52 bits per heavy atom. The minimum Gasteiger partial charge on any atom is -0.497 e. The summed E-state index contributed by atoms with van der Waals surface area (Å²) in [6, 6.07) is 9.54. The van der Waals surface area contributed by atoms with Crippen LogP contribution in [0.15, 0.2) is 36.4 Å². The molecular formula is C16H17ClFNO2. The highest BCUT2D eigenvalue weighted by Gasteiger charge is 2.16. The summed E-state index contributed by atoms with van der Waals surface area (Å²) in [5.41, 5.74) is 7.48. The van der Waals surface area contributed by atoms with Crippen molar-refractivity contribution in [3.63, 3.8) is 0 Å². The molecular weight excluding hydrogens is 293 g/mol. The largest absolute Gasteiger partial charge is 0.497 e. The third-order valence-corrected chi connectivity index (χ3v) is 3.53. The monoisotopic (exact) mass is 309 g/mol. The van der Waals surface area contributed by atoms with Crippen LogP contribution < -0.4 is 15.2 Å². The first-order chi connectivity index (χ1) is 10.0. The van der Waals surface area contributed by atoms with Gasteiger partial charge in [-0.05, 0) is 42.3 Å². The van der Waals surface area contributed by atoms with Gasteiger partial charge in [-0.25, -0.2) is 4.39 Å². The van der Waals surface area contributed by atoms with Crippen molar-refractivity contribution in [3.05, 3.63) is 58.4 Å². The number of hydrogen-bond acceptors (Lipinski definition) is 3. The molecule has 21 heavy (non-hydrogen) atoms. The molecule has 0 amide bonds. The number of nitrogens with two attached hydrogens (primary N) is 1. The van der Waals surface area contributed by atoms with Crippen LogP contribution in [0.4, 0.5) is 4.39 Å². The van der Waals surface area contributed by atoms with E-state index in [1.54, 1.807) is 44.6 Å². The van der Waals surface area contributed by atoms with Gasteiger partial charge in [-0.1, -0.05) is 17.7 Å². The molecule has 0 spiro atoms. The predicted octanol–water partition coefficient (Wildman–Crippen LogP) is 3.74.